The molecule has 2 heterocycles. The Morgan fingerprint density at radius 3 is 2.50 bits per heavy atom. The van der Waals surface area contributed by atoms with Crippen LogP contribution in [0.5, 0.6) is 5.75 Å². The van der Waals surface area contributed by atoms with Gasteiger partial charge in [0.2, 0.25) is 11.9 Å². The number of nitrogens with one attached hydrogen (secondary N) is 1. The Balaban J connectivity index is 1.66. The Morgan fingerprint density at radius 1 is 1.17 bits per heavy atom. The lowest BCUT2D eigenvalue weighted by molar-refractivity contribution is -0.129. The fourth-order valence-corrected chi connectivity index (χ4v) is 2.53. The summed E-state index contributed by atoms with van der Waals surface area (Å²) in [5.74, 6) is 2.09. The van der Waals surface area contributed by atoms with Crippen LogP contribution in [0.15, 0.2) is 30.5 Å². The van der Waals surface area contributed by atoms with Gasteiger partial charge in [-0.3, -0.25) is 4.79 Å². The molecule has 8 heteroatoms. The summed E-state index contributed by atoms with van der Waals surface area (Å²) in [5.41, 5.74) is 0.892. The van der Waals surface area contributed by atoms with E-state index in [-0.39, 0.29) is 5.91 Å². The zero-order valence-corrected chi connectivity index (χ0v) is 13.8. The number of hydrogen-bond acceptors (Lipinski definition) is 7. The molecular weight excluding hydrogens is 308 g/mol. The number of methoxy groups -OCH3 is 1. The Morgan fingerprint density at radius 2 is 1.88 bits per heavy atom. The number of ether oxygens (including phenoxy) is 1. The van der Waals surface area contributed by atoms with Gasteiger partial charge in [-0.05, 0) is 24.3 Å². The van der Waals surface area contributed by atoms with Crippen LogP contribution in [0.4, 0.5) is 17.5 Å². The predicted octanol–water partition coefficient (Wildman–Crippen LogP) is 1.29. The number of rotatable bonds is 4. The molecule has 0 saturated carbocycles. The first-order valence-corrected chi connectivity index (χ1v) is 7.77. The van der Waals surface area contributed by atoms with Crippen LogP contribution < -0.4 is 15.0 Å². The van der Waals surface area contributed by atoms with Crippen molar-refractivity contribution < 1.29 is 9.53 Å². The number of amides is 1. The molecule has 126 valence electrons. The topological polar surface area (TPSA) is 83.5 Å². The van der Waals surface area contributed by atoms with Crippen molar-refractivity contribution in [3.8, 4) is 5.75 Å². The minimum absolute atomic E-state index is 0.101. The van der Waals surface area contributed by atoms with Gasteiger partial charge in [-0.25, -0.2) is 0 Å². The van der Waals surface area contributed by atoms with Gasteiger partial charge in [-0.15, -0.1) is 5.10 Å². The van der Waals surface area contributed by atoms with E-state index in [1.807, 2.05) is 34.1 Å². The maximum Gasteiger partial charge on any atom is 0.247 e. The molecule has 0 bridgehead atoms. The lowest BCUT2D eigenvalue weighted by Crippen LogP contribution is -2.48. The molecule has 0 spiro atoms. The SMILES string of the molecule is COc1ccc(Nc2cnnc(N3CCN(C(C)=O)CC3)n2)cc1. The van der Waals surface area contributed by atoms with E-state index in [0.717, 1.165) is 11.4 Å². The number of aromatic nitrogens is 3. The van der Waals surface area contributed by atoms with E-state index in [1.165, 1.54) is 0 Å². The van der Waals surface area contributed by atoms with E-state index >= 15 is 0 Å². The quantitative estimate of drug-likeness (QED) is 0.905. The second kappa shape index (κ2) is 7.12. The summed E-state index contributed by atoms with van der Waals surface area (Å²) in [6.45, 7) is 4.34. The monoisotopic (exact) mass is 328 g/mol. The predicted molar refractivity (Wildman–Crippen MR) is 90.6 cm³/mol. The molecule has 1 aliphatic heterocycles. The molecule has 0 radical (unpaired) electrons. The first-order chi connectivity index (χ1) is 11.7. The third kappa shape index (κ3) is 3.70. The first kappa shape index (κ1) is 16.0. The van der Waals surface area contributed by atoms with Gasteiger partial charge in [0.1, 0.15) is 5.75 Å². The standard InChI is InChI=1S/C16H20N6O2/c1-12(23)21-7-9-22(10-8-21)16-19-15(11-17-20-16)18-13-3-5-14(24-2)6-4-13/h3-6,11H,7-10H2,1-2H3,(H,18,19,20). The molecular formula is C16H20N6O2. The Hall–Kier alpha value is -2.90. The zero-order valence-electron chi connectivity index (χ0n) is 13.8. The summed E-state index contributed by atoms with van der Waals surface area (Å²) in [6.07, 6.45) is 1.58. The molecule has 1 aromatic heterocycles. The number of carbonyl (C=O) groups excluding carboxylic acids is 1. The third-order valence-corrected chi connectivity index (χ3v) is 3.92. The van der Waals surface area contributed by atoms with Crippen LogP contribution in [0.25, 0.3) is 0 Å². The molecule has 1 fully saturated rings. The second-order valence-electron chi connectivity index (χ2n) is 5.49. The fraction of sp³-hybridized carbons (Fsp3) is 0.375. The highest BCUT2D eigenvalue weighted by Gasteiger charge is 2.20. The molecule has 1 amide bonds. The molecule has 1 N–H and O–H groups in total. The van der Waals surface area contributed by atoms with Crippen molar-refractivity contribution in [3.05, 3.63) is 30.5 Å². The fourth-order valence-electron chi connectivity index (χ4n) is 2.53. The summed E-state index contributed by atoms with van der Waals surface area (Å²) < 4.78 is 5.14. The number of anilines is 3. The summed E-state index contributed by atoms with van der Waals surface area (Å²) >= 11 is 0. The maximum atomic E-state index is 11.4. The van der Waals surface area contributed by atoms with Gasteiger partial charge in [0.05, 0.1) is 13.3 Å². The Bertz CT molecular complexity index is 698. The van der Waals surface area contributed by atoms with Crippen LogP contribution in [0, 0.1) is 0 Å². The van der Waals surface area contributed by atoms with Crippen LogP contribution in [0.2, 0.25) is 0 Å². The van der Waals surface area contributed by atoms with E-state index in [2.05, 4.69) is 20.5 Å². The summed E-state index contributed by atoms with van der Waals surface area (Å²) in [5, 5.41) is 11.3. The van der Waals surface area contributed by atoms with E-state index < -0.39 is 0 Å². The van der Waals surface area contributed by atoms with E-state index in [1.54, 1.807) is 20.2 Å². The highest BCUT2D eigenvalue weighted by Crippen LogP contribution is 2.19. The molecule has 0 atom stereocenters. The van der Waals surface area contributed by atoms with Gasteiger partial charge >= 0.3 is 0 Å². The molecule has 24 heavy (non-hydrogen) atoms. The van der Waals surface area contributed by atoms with E-state index in [9.17, 15) is 4.79 Å². The Kier molecular flexibility index (Phi) is 4.74. The van der Waals surface area contributed by atoms with Gasteiger partial charge in [0, 0.05) is 38.8 Å². The Labute approximate surface area is 140 Å². The molecule has 1 aromatic carbocycles. The van der Waals surface area contributed by atoms with Crippen molar-refractivity contribution in [2.24, 2.45) is 0 Å². The maximum absolute atomic E-state index is 11.4. The molecule has 1 aliphatic rings. The third-order valence-electron chi connectivity index (χ3n) is 3.92. The van der Waals surface area contributed by atoms with Crippen LogP contribution in [0.1, 0.15) is 6.92 Å². The van der Waals surface area contributed by atoms with Crippen LogP contribution in [-0.2, 0) is 4.79 Å². The van der Waals surface area contributed by atoms with Crippen LogP contribution >= 0.6 is 0 Å². The normalized spacial score (nSPS) is 14.4. The molecule has 0 unspecified atom stereocenters. The van der Waals surface area contributed by atoms with Gasteiger partial charge in [-0.1, -0.05) is 0 Å². The van der Waals surface area contributed by atoms with Crippen LogP contribution in [-0.4, -0.2) is 59.3 Å². The van der Waals surface area contributed by atoms with Crippen molar-refractivity contribution >= 4 is 23.4 Å². The van der Waals surface area contributed by atoms with Crippen molar-refractivity contribution in [3.63, 3.8) is 0 Å². The molecule has 2 aromatic rings. The first-order valence-electron chi connectivity index (χ1n) is 7.77. The van der Waals surface area contributed by atoms with Crippen molar-refractivity contribution in [1.82, 2.24) is 20.1 Å². The zero-order chi connectivity index (χ0) is 16.9. The summed E-state index contributed by atoms with van der Waals surface area (Å²) in [6, 6.07) is 7.57. The van der Waals surface area contributed by atoms with E-state index in [4.69, 9.17) is 4.74 Å². The minimum Gasteiger partial charge on any atom is -0.497 e. The number of hydrogen-bond donors (Lipinski definition) is 1. The number of carbonyl (C=O) groups is 1. The summed E-state index contributed by atoms with van der Waals surface area (Å²) in [4.78, 5) is 19.8. The number of nitrogens with zero attached hydrogens (tertiary/aromatic N) is 5. The lowest BCUT2D eigenvalue weighted by atomic mass is 10.3. The molecule has 1 saturated heterocycles. The molecule has 8 nitrogen and oxygen atoms in total. The smallest absolute Gasteiger partial charge is 0.247 e. The van der Waals surface area contributed by atoms with Gasteiger partial charge < -0.3 is 19.9 Å². The molecule has 0 aliphatic carbocycles. The number of benzene rings is 1. The second-order valence-corrected chi connectivity index (χ2v) is 5.49. The van der Waals surface area contributed by atoms with Crippen molar-refractivity contribution in [2.75, 3.05) is 43.5 Å². The van der Waals surface area contributed by atoms with Gasteiger partial charge in [-0.2, -0.15) is 10.1 Å². The average molecular weight is 328 g/mol. The lowest BCUT2D eigenvalue weighted by Gasteiger charge is -2.33. The van der Waals surface area contributed by atoms with Gasteiger partial charge in [0.25, 0.3) is 0 Å². The number of piperazine rings is 1. The largest absolute Gasteiger partial charge is 0.497 e. The van der Waals surface area contributed by atoms with E-state index in [0.29, 0.717) is 37.9 Å². The average Bonchev–Trinajstić information content (AvgIpc) is 2.63. The van der Waals surface area contributed by atoms with Crippen LogP contribution in [0.3, 0.4) is 0 Å². The summed E-state index contributed by atoms with van der Waals surface area (Å²) in [7, 11) is 1.63. The van der Waals surface area contributed by atoms with Crippen molar-refractivity contribution in [2.45, 2.75) is 6.92 Å². The minimum atomic E-state index is 0.101. The van der Waals surface area contributed by atoms with Crippen molar-refractivity contribution in [1.29, 1.82) is 0 Å². The highest BCUT2D eigenvalue weighted by atomic mass is 16.5. The highest BCUT2D eigenvalue weighted by molar-refractivity contribution is 5.73. The molecule has 3 rings (SSSR count). The van der Waals surface area contributed by atoms with Gasteiger partial charge in [0.15, 0.2) is 5.82 Å².